The van der Waals surface area contributed by atoms with Gasteiger partial charge in [-0.05, 0) is 32.3 Å². The number of fused-ring (bicyclic) bond motifs is 2. The van der Waals surface area contributed by atoms with E-state index in [1.54, 1.807) is 11.1 Å². The minimum atomic E-state index is -0.623. The lowest BCUT2D eigenvalue weighted by Gasteiger charge is -2.41. The first-order chi connectivity index (χ1) is 17.9. The third-order valence-corrected chi connectivity index (χ3v) is 7.43. The summed E-state index contributed by atoms with van der Waals surface area (Å²) >= 11 is 19.6. The SMILES string of the molecule is CC(C)c1cncc(Cl)c1-n1c(=O)nc2c3c(c(Cl)c(Cl)nc31)OC[C@H]1CN(C(=O)OC(C)(C)C)CCN21. The van der Waals surface area contributed by atoms with Gasteiger partial charge in [-0.3, -0.25) is 4.98 Å². The van der Waals surface area contributed by atoms with E-state index in [4.69, 9.17) is 44.3 Å². The Bertz CT molecular complexity index is 1500. The maximum atomic E-state index is 13.7. The molecule has 2 aliphatic rings. The number of hydrogen-bond donors (Lipinski definition) is 0. The molecule has 0 N–H and O–H groups in total. The molecule has 0 spiro atoms. The number of piperazine rings is 1. The Balaban J connectivity index is 1.69. The molecule has 13 heteroatoms. The van der Waals surface area contributed by atoms with E-state index in [9.17, 15) is 9.59 Å². The maximum Gasteiger partial charge on any atom is 0.410 e. The number of aromatic nitrogens is 4. The van der Waals surface area contributed by atoms with Crippen LogP contribution in [0.3, 0.4) is 0 Å². The number of rotatable bonds is 2. The fourth-order valence-corrected chi connectivity index (χ4v) is 5.36. The van der Waals surface area contributed by atoms with E-state index in [1.165, 1.54) is 10.8 Å². The Morgan fingerprint density at radius 3 is 2.58 bits per heavy atom. The van der Waals surface area contributed by atoms with Gasteiger partial charge in [0, 0.05) is 32.0 Å². The number of hydrogen-bond acceptors (Lipinski definition) is 8. The zero-order valence-corrected chi connectivity index (χ0v) is 23.9. The van der Waals surface area contributed by atoms with Gasteiger partial charge in [0.25, 0.3) is 0 Å². The molecule has 3 aromatic heterocycles. The molecule has 1 amide bonds. The third kappa shape index (κ3) is 4.63. The lowest BCUT2D eigenvalue weighted by molar-refractivity contribution is 0.0202. The predicted octanol–water partition coefficient (Wildman–Crippen LogP) is 5.08. The Kier molecular flexibility index (Phi) is 6.86. The van der Waals surface area contributed by atoms with Gasteiger partial charge in [-0.25, -0.2) is 19.1 Å². The molecule has 10 nitrogen and oxygen atoms in total. The van der Waals surface area contributed by atoms with Crippen LogP contribution in [0.15, 0.2) is 17.2 Å². The number of carbonyl (C=O) groups is 1. The fourth-order valence-electron chi connectivity index (χ4n) is 4.75. The summed E-state index contributed by atoms with van der Waals surface area (Å²) in [7, 11) is 0. The van der Waals surface area contributed by atoms with Gasteiger partial charge in [0.05, 0.1) is 16.8 Å². The summed E-state index contributed by atoms with van der Waals surface area (Å²) in [6.07, 6.45) is 2.72. The fraction of sp³-hybridized carbons (Fsp3) is 0.480. The normalized spacial score (nSPS) is 17.3. The number of anilines is 1. The van der Waals surface area contributed by atoms with Crippen LogP contribution in [0, 0.1) is 0 Å². The van der Waals surface area contributed by atoms with E-state index < -0.39 is 17.4 Å². The third-order valence-electron chi connectivity index (χ3n) is 6.44. The summed E-state index contributed by atoms with van der Waals surface area (Å²) in [6, 6.07) is -0.319. The van der Waals surface area contributed by atoms with Crippen molar-refractivity contribution in [1.29, 1.82) is 0 Å². The molecular weight excluding hydrogens is 555 g/mol. The van der Waals surface area contributed by atoms with Gasteiger partial charge in [-0.2, -0.15) is 4.98 Å². The first-order valence-electron chi connectivity index (χ1n) is 12.2. The molecule has 0 radical (unpaired) electrons. The molecule has 202 valence electrons. The summed E-state index contributed by atoms with van der Waals surface area (Å²) in [5, 5.41) is 0.796. The van der Waals surface area contributed by atoms with E-state index in [0.717, 1.165) is 5.56 Å². The quantitative estimate of drug-likeness (QED) is 0.386. The summed E-state index contributed by atoms with van der Waals surface area (Å²) in [5.41, 5.74) is 0.170. The van der Waals surface area contributed by atoms with Crippen LogP contribution >= 0.6 is 34.8 Å². The smallest absolute Gasteiger partial charge is 0.410 e. The van der Waals surface area contributed by atoms with Crippen LogP contribution in [-0.2, 0) is 4.74 Å². The highest BCUT2D eigenvalue weighted by atomic mass is 35.5. The Labute approximate surface area is 234 Å². The number of ether oxygens (including phenoxy) is 2. The van der Waals surface area contributed by atoms with Crippen molar-refractivity contribution in [3.05, 3.63) is 43.6 Å². The topological polar surface area (TPSA) is 103 Å². The van der Waals surface area contributed by atoms with Crippen LogP contribution < -0.4 is 15.3 Å². The number of carbonyl (C=O) groups excluding carboxylic acids is 1. The van der Waals surface area contributed by atoms with Crippen molar-refractivity contribution in [2.24, 2.45) is 0 Å². The highest BCUT2D eigenvalue weighted by Crippen LogP contribution is 2.44. The van der Waals surface area contributed by atoms with Crippen molar-refractivity contribution in [3.63, 3.8) is 0 Å². The molecule has 5 heterocycles. The van der Waals surface area contributed by atoms with Crippen LogP contribution in [0.4, 0.5) is 10.6 Å². The first-order valence-corrected chi connectivity index (χ1v) is 13.3. The molecule has 0 aromatic carbocycles. The van der Waals surface area contributed by atoms with Gasteiger partial charge in [-0.15, -0.1) is 0 Å². The average Bonchev–Trinajstić information content (AvgIpc) is 2.99. The lowest BCUT2D eigenvalue weighted by atomic mass is 10.0. The van der Waals surface area contributed by atoms with E-state index in [-0.39, 0.29) is 45.2 Å². The molecule has 1 fully saturated rings. The Hall–Kier alpha value is -2.82. The second-order valence-electron chi connectivity index (χ2n) is 10.6. The molecule has 0 unspecified atom stereocenters. The molecule has 0 aliphatic carbocycles. The molecule has 1 saturated heterocycles. The van der Waals surface area contributed by atoms with Crippen molar-refractivity contribution in [1.82, 2.24) is 24.4 Å². The van der Waals surface area contributed by atoms with Gasteiger partial charge in [0.1, 0.15) is 28.4 Å². The van der Waals surface area contributed by atoms with E-state index >= 15 is 0 Å². The summed E-state index contributed by atoms with van der Waals surface area (Å²) in [5.74, 6) is 0.634. The zero-order chi connectivity index (χ0) is 27.5. The highest BCUT2D eigenvalue weighted by Gasteiger charge is 2.38. The van der Waals surface area contributed by atoms with Crippen molar-refractivity contribution < 1.29 is 14.3 Å². The van der Waals surface area contributed by atoms with Crippen molar-refractivity contribution >= 4 is 57.7 Å². The van der Waals surface area contributed by atoms with Crippen molar-refractivity contribution in [2.45, 2.75) is 52.2 Å². The van der Waals surface area contributed by atoms with Gasteiger partial charge in [-0.1, -0.05) is 48.7 Å². The molecule has 38 heavy (non-hydrogen) atoms. The van der Waals surface area contributed by atoms with E-state index in [1.807, 2.05) is 39.5 Å². The largest absolute Gasteiger partial charge is 0.489 e. The standard InChI is InChI=1S/C25H27Cl3N6O4/c1-12(2)14-8-29-9-15(26)18(14)34-22-16-19(17(27)20(28)30-22)37-11-13-10-32(24(36)38-25(3,4)5)6-7-33(13)21(16)31-23(34)35/h8-9,12-13H,6-7,10-11H2,1-5H3/t13-/m1/s1. The first kappa shape index (κ1) is 26.8. The van der Waals surface area contributed by atoms with Gasteiger partial charge in [0.15, 0.2) is 16.5 Å². The van der Waals surface area contributed by atoms with Crippen LogP contribution in [0.25, 0.3) is 16.7 Å². The Morgan fingerprint density at radius 2 is 1.89 bits per heavy atom. The van der Waals surface area contributed by atoms with Crippen molar-refractivity contribution in [2.75, 3.05) is 31.1 Å². The van der Waals surface area contributed by atoms with Gasteiger partial charge in [0.2, 0.25) is 0 Å². The summed E-state index contributed by atoms with van der Waals surface area (Å²) in [4.78, 5) is 43.2. The van der Waals surface area contributed by atoms with E-state index in [2.05, 4.69) is 15.0 Å². The zero-order valence-electron chi connectivity index (χ0n) is 21.6. The van der Waals surface area contributed by atoms with E-state index in [0.29, 0.717) is 36.5 Å². The molecule has 0 saturated carbocycles. The minimum absolute atomic E-state index is 0.00249. The van der Waals surface area contributed by atoms with Crippen LogP contribution in [0.5, 0.6) is 5.75 Å². The molecule has 2 aliphatic heterocycles. The lowest BCUT2D eigenvalue weighted by Crippen LogP contribution is -2.57. The van der Waals surface area contributed by atoms with Gasteiger partial charge < -0.3 is 19.3 Å². The van der Waals surface area contributed by atoms with Gasteiger partial charge >= 0.3 is 11.8 Å². The molecule has 3 aromatic rings. The molecular formula is C25H27Cl3N6O4. The maximum absolute atomic E-state index is 13.7. The molecule has 5 rings (SSSR count). The number of pyridine rings is 2. The number of amides is 1. The van der Waals surface area contributed by atoms with Crippen LogP contribution in [0.1, 0.15) is 46.1 Å². The van der Waals surface area contributed by atoms with Crippen molar-refractivity contribution in [3.8, 4) is 11.4 Å². The molecule has 1 atom stereocenters. The Morgan fingerprint density at radius 1 is 1.16 bits per heavy atom. The average molecular weight is 582 g/mol. The van der Waals surface area contributed by atoms with Crippen LogP contribution in [-0.4, -0.2) is 68.4 Å². The summed E-state index contributed by atoms with van der Waals surface area (Å²) < 4.78 is 13.1. The molecule has 0 bridgehead atoms. The summed E-state index contributed by atoms with van der Waals surface area (Å²) in [6.45, 7) is 10.7. The highest BCUT2D eigenvalue weighted by molar-refractivity contribution is 6.43. The number of nitrogens with zero attached hydrogens (tertiary/aromatic N) is 6. The predicted molar refractivity (Wildman–Crippen MR) is 146 cm³/mol. The second-order valence-corrected chi connectivity index (χ2v) is 11.7. The monoisotopic (exact) mass is 580 g/mol. The minimum Gasteiger partial charge on any atom is -0.489 e. The second kappa shape index (κ2) is 9.73. The number of halogens is 3. The van der Waals surface area contributed by atoms with Crippen LogP contribution in [0.2, 0.25) is 15.2 Å².